The SMILES string of the molecule is CC(O)CN(CC(=O)Nc1ccc(N2CCCCC2)cc1)C(C)C. The highest BCUT2D eigenvalue weighted by Gasteiger charge is 2.16. The number of aliphatic hydroxyl groups is 1. The molecule has 2 N–H and O–H groups in total. The largest absolute Gasteiger partial charge is 0.392 e. The smallest absolute Gasteiger partial charge is 0.238 e. The fraction of sp³-hybridized carbons (Fsp3) is 0.632. The number of anilines is 2. The first-order chi connectivity index (χ1) is 11.5. The van der Waals surface area contributed by atoms with Crippen LogP contribution in [0.5, 0.6) is 0 Å². The molecule has 0 aliphatic carbocycles. The minimum atomic E-state index is -0.441. The predicted molar refractivity (Wildman–Crippen MR) is 99.5 cm³/mol. The van der Waals surface area contributed by atoms with E-state index in [9.17, 15) is 9.90 Å². The minimum absolute atomic E-state index is 0.0462. The van der Waals surface area contributed by atoms with Gasteiger partial charge in [-0.15, -0.1) is 0 Å². The third-order valence-electron chi connectivity index (χ3n) is 4.45. The van der Waals surface area contributed by atoms with Gasteiger partial charge in [0.05, 0.1) is 12.6 Å². The van der Waals surface area contributed by atoms with E-state index in [4.69, 9.17) is 0 Å². The van der Waals surface area contributed by atoms with E-state index in [0.717, 1.165) is 18.8 Å². The van der Waals surface area contributed by atoms with Gasteiger partial charge in [-0.1, -0.05) is 0 Å². The van der Waals surface area contributed by atoms with Crippen LogP contribution < -0.4 is 10.2 Å². The van der Waals surface area contributed by atoms with Crippen molar-refractivity contribution in [2.45, 2.75) is 52.2 Å². The molecule has 1 heterocycles. The number of nitrogens with zero attached hydrogens (tertiary/aromatic N) is 2. The summed E-state index contributed by atoms with van der Waals surface area (Å²) in [5, 5.41) is 12.5. The van der Waals surface area contributed by atoms with E-state index >= 15 is 0 Å². The van der Waals surface area contributed by atoms with Crippen molar-refractivity contribution >= 4 is 17.3 Å². The molecule has 5 nitrogen and oxygen atoms in total. The predicted octanol–water partition coefficient (Wildman–Crippen LogP) is 2.71. The zero-order chi connectivity index (χ0) is 17.5. The van der Waals surface area contributed by atoms with Crippen molar-refractivity contribution in [3.05, 3.63) is 24.3 Å². The molecule has 0 radical (unpaired) electrons. The molecule has 1 fully saturated rings. The molecule has 0 spiro atoms. The van der Waals surface area contributed by atoms with Gasteiger partial charge in [0.15, 0.2) is 0 Å². The molecule has 5 heteroatoms. The number of carbonyl (C=O) groups is 1. The third kappa shape index (κ3) is 5.80. The van der Waals surface area contributed by atoms with Gasteiger partial charge in [0.25, 0.3) is 0 Å². The van der Waals surface area contributed by atoms with Crippen LogP contribution in [0, 0.1) is 0 Å². The average molecular weight is 333 g/mol. The lowest BCUT2D eigenvalue weighted by molar-refractivity contribution is -0.118. The molecule has 24 heavy (non-hydrogen) atoms. The standard InChI is InChI=1S/C19H31N3O2/c1-15(2)22(13-16(3)23)14-19(24)20-17-7-9-18(10-8-17)21-11-5-4-6-12-21/h7-10,15-16,23H,4-6,11-14H2,1-3H3,(H,20,24). The molecule has 1 aliphatic rings. The molecule has 2 rings (SSSR count). The quantitative estimate of drug-likeness (QED) is 0.805. The highest BCUT2D eigenvalue weighted by atomic mass is 16.3. The van der Waals surface area contributed by atoms with Crippen molar-refractivity contribution < 1.29 is 9.90 Å². The van der Waals surface area contributed by atoms with Gasteiger partial charge in [0.2, 0.25) is 5.91 Å². The zero-order valence-electron chi connectivity index (χ0n) is 15.2. The number of rotatable bonds is 7. The van der Waals surface area contributed by atoms with Crippen LogP contribution in [0.3, 0.4) is 0 Å². The number of hydrogen-bond acceptors (Lipinski definition) is 4. The third-order valence-corrected chi connectivity index (χ3v) is 4.45. The van der Waals surface area contributed by atoms with Gasteiger partial charge in [0.1, 0.15) is 0 Å². The van der Waals surface area contributed by atoms with Gasteiger partial charge in [-0.05, 0) is 64.3 Å². The van der Waals surface area contributed by atoms with Gasteiger partial charge in [-0.25, -0.2) is 0 Å². The summed E-state index contributed by atoms with van der Waals surface area (Å²) < 4.78 is 0. The fourth-order valence-corrected chi connectivity index (χ4v) is 3.09. The van der Waals surface area contributed by atoms with E-state index in [1.54, 1.807) is 6.92 Å². The molecule has 1 unspecified atom stereocenters. The van der Waals surface area contributed by atoms with E-state index in [2.05, 4.69) is 22.3 Å². The summed E-state index contributed by atoms with van der Waals surface area (Å²) in [6, 6.07) is 8.31. The summed E-state index contributed by atoms with van der Waals surface area (Å²) in [7, 11) is 0. The molecule has 1 atom stereocenters. The van der Waals surface area contributed by atoms with Crippen LogP contribution in [0.4, 0.5) is 11.4 Å². The lowest BCUT2D eigenvalue weighted by Gasteiger charge is -2.29. The Morgan fingerprint density at radius 3 is 2.33 bits per heavy atom. The molecule has 0 aromatic heterocycles. The van der Waals surface area contributed by atoms with Crippen LogP contribution >= 0.6 is 0 Å². The van der Waals surface area contributed by atoms with Crippen LogP contribution in [-0.4, -0.2) is 54.2 Å². The monoisotopic (exact) mass is 333 g/mol. The van der Waals surface area contributed by atoms with Crippen molar-refractivity contribution in [1.29, 1.82) is 0 Å². The Hall–Kier alpha value is -1.59. The molecule has 134 valence electrons. The van der Waals surface area contributed by atoms with Crippen LogP contribution in [-0.2, 0) is 4.79 Å². The van der Waals surface area contributed by atoms with Gasteiger partial charge >= 0.3 is 0 Å². The molecule has 0 bridgehead atoms. The topological polar surface area (TPSA) is 55.8 Å². The Morgan fingerprint density at radius 2 is 1.79 bits per heavy atom. The van der Waals surface area contributed by atoms with Gasteiger partial charge < -0.3 is 15.3 Å². The van der Waals surface area contributed by atoms with Crippen LogP contribution in [0.25, 0.3) is 0 Å². The fourth-order valence-electron chi connectivity index (χ4n) is 3.09. The Kier molecular flexibility index (Phi) is 7.06. The second-order valence-corrected chi connectivity index (χ2v) is 7.01. The van der Waals surface area contributed by atoms with Crippen molar-refractivity contribution in [3.8, 4) is 0 Å². The normalized spacial score (nSPS) is 16.5. The Bertz CT molecular complexity index is 508. The number of carbonyl (C=O) groups excluding carboxylic acids is 1. The number of hydrogen-bond donors (Lipinski definition) is 2. The van der Waals surface area contributed by atoms with Crippen molar-refractivity contribution in [1.82, 2.24) is 4.90 Å². The molecule has 1 saturated heterocycles. The van der Waals surface area contributed by atoms with Crippen molar-refractivity contribution in [3.63, 3.8) is 0 Å². The van der Waals surface area contributed by atoms with E-state index in [1.807, 2.05) is 30.9 Å². The maximum atomic E-state index is 12.3. The minimum Gasteiger partial charge on any atom is -0.392 e. The summed E-state index contributed by atoms with van der Waals surface area (Å²) in [6.07, 6.45) is 3.40. The summed E-state index contributed by atoms with van der Waals surface area (Å²) >= 11 is 0. The average Bonchev–Trinajstić information content (AvgIpc) is 2.55. The molecule has 1 aromatic carbocycles. The maximum absolute atomic E-state index is 12.3. The summed E-state index contributed by atoms with van der Waals surface area (Å²) in [5.74, 6) is -0.0462. The first kappa shape index (κ1) is 18.7. The molecular formula is C19H31N3O2. The Balaban J connectivity index is 1.88. The van der Waals surface area contributed by atoms with E-state index < -0.39 is 6.10 Å². The number of piperidine rings is 1. The van der Waals surface area contributed by atoms with Gasteiger partial charge in [-0.3, -0.25) is 9.69 Å². The highest BCUT2D eigenvalue weighted by molar-refractivity contribution is 5.92. The van der Waals surface area contributed by atoms with Gasteiger partial charge in [-0.2, -0.15) is 0 Å². The number of aliphatic hydroxyl groups excluding tert-OH is 1. The highest BCUT2D eigenvalue weighted by Crippen LogP contribution is 2.21. The maximum Gasteiger partial charge on any atom is 0.238 e. The van der Waals surface area contributed by atoms with Crippen molar-refractivity contribution in [2.75, 3.05) is 36.4 Å². The lowest BCUT2D eigenvalue weighted by Crippen LogP contribution is -2.41. The second kappa shape index (κ2) is 9.04. The van der Waals surface area contributed by atoms with Crippen molar-refractivity contribution in [2.24, 2.45) is 0 Å². The molecule has 1 amide bonds. The van der Waals surface area contributed by atoms with Crippen LogP contribution in [0.15, 0.2) is 24.3 Å². The lowest BCUT2D eigenvalue weighted by atomic mass is 10.1. The Labute approximate surface area is 145 Å². The van der Waals surface area contributed by atoms with E-state index in [0.29, 0.717) is 6.54 Å². The summed E-state index contributed by atoms with van der Waals surface area (Å²) in [5.41, 5.74) is 2.05. The first-order valence-corrected chi connectivity index (χ1v) is 9.02. The number of nitrogens with one attached hydrogen (secondary N) is 1. The zero-order valence-corrected chi connectivity index (χ0v) is 15.2. The van der Waals surface area contributed by atoms with E-state index in [1.165, 1.54) is 24.9 Å². The molecular weight excluding hydrogens is 302 g/mol. The number of amides is 1. The summed E-state index contributed by atoms with van der Waals surface area (Å²) in [6.45, 7) is 8.83. The first-order valence-electron chi connectivity index (χ1n) is 9.02. The Morgan fingerprint density at radius 1 is 1.17 bits per heavy atom. The van der Waals surface area contributed by atoms with Crippen LogP contribution in [0.2, 0.25) is 0 Å². The summed E-state index contributed by atoms with van der Waals surface area (Å²) in [4.78, 5) is 16.6. The second-order valence-electron chi connectivity index (χ2n) is 7.01. The van der Waals surface area contributed by atoms with Crippen LogP contribution in [0.1, 0.15) is 40.0 Å². The molecule has 0 saturated carbocycles. The van der Waals surface area contributed by atoms with Gasteiger partial charge in [0, 0.05) is 37.1 Å². The molecule has 1 aromatic rings. The molecule has 1 aliphatic heterocycles. The van der Waals surface area contributed by atoms with E-state index in [-0.39, 0.29) is 18.5 Å². The number of benzene rings is 1.